The minimum Gasteiger partial charge on any atom is -0.353 e. The SMILES string of the molecule is CC(C)C(=O)Nc1cncc(-c2cc3c(-c4cc5c(-c6ccc(F)s6)nccc5[nH]4)n[nH]c3cn2)c1. The molecule has 0 radical (unpaired) electrons. The smallest absolute Gasteiger partial charge is 0.226 e. The van der Waals surface area contributed by atoms with Crippen molar-refractivity contribution in [3.8, 4) is 33.2 Å². The minimum atomic E-state index is -0.250. The second-order valence-electron chi connectivity index (χ2n) is 8.70. The van der Waals surface area contributed by atoms with Gasteiger partial charge in [-0.2, -0.15) is 9.49 Å². The van der Waals surface area contributed by atoms with E-state index in [1.165, 1.54) is 6.07 Å². The molecule has 0 atom stereocenters. The molecule has 0 saturated carbocycles. The summed E-state index contributed by atoms with van der Waals surface area (Å²) in [6.45, 7) is 3.68. The van der Waals surface area contributed by atoms with Gasteiger partial charge in [-0.1, -0.05) is 13.8 Å². The van der Waals surface area contributed by atoms with Crippen LogP contribution in [0.15, 0.2) is 61.2 Å². The third kappa shape index (κ3) is 3.91. The highest BCUT2D eigenvalue weighted by atomic mass is 32.1. The number of H-pyrrole nitrogens is 2. The van der Waals surface area contributed by atoms with Crippen molar-refractivity contribution in [3.63, 3.8) is 0 Å². The number of anilines is 1. The van der Waals surface area contributed by atoms with Gasteiger partial charge in [0, 0.05) is 40.2 Å². The zero-order valence-electron chi connectivity index (χ0n) is 19.3. The number of nitrogens with zero attached hydrogens (tertiary/aromatic N) is 4. The number of rotatable bonds is 5. The lowest BCUT2D eigenvalue weighted by molar-refractivity contribution is -0.118. The van der Waals surface area contributed by atoms with E-state index in [0.717, 1.165) is 60.7 Å². The Hall–Kier alpha value is -4.44. The van der Waals surface area contributed by atoms with Gasteiger partial charge in [0.15, 0.2) is 5.13 Å². The number of carbonyl (C=O) groups excluding carboxylic acids is 1. The number of nitrogens with one attached hydrogen (secondary N) is 3. The first-order valence-electron chi connectivity index (χ1n) is 11.3. The van der Waals surface area contributed by atoms with E-state index in [4.69, 9.17) is 0 Å². The molecule has 0 unspecified atom stereocenters. The van der Waals surface area contributed by atoms with Crippen LogP contribution in [-0.4, -0.2) is 36.0 Å². The van der Waals surface area contributed by atoms with Crippen LogP contribution in [-0.2, 0) is 4.79 Å². The number of thiophene rings is 1. The lowest BCUT2D eigenvalue weighted by atomic mass is 10.1. The van der Waals surface area contributed by atoms with Gasteiger partial charge in [0.05, 0.1) is 45.6 Å². The van der Waals surface area contributed by atoms with Crippen LogP contribution in [0.1, 0.15) is 13.8 Å². The van der Waals surface area contributed by atoms with E-state index in [1.54, 1.807) is 30.9 Å². The Balaban J connectivity index is 1.41. The normalized spacial score (nSPS) is 11.6. The number of amides is 1. The zero-order valence-corrected chi connectivity index (χ0v) is 20.2. The summed E-state index contributed by atoms with van der Waals surface area (Å²) in [7, 11) is 0. The van der Waals surface area contributed by atoms with Gasteiger partial charge in [-0.15, -0.1) is 11.3 Å². The Labute approximate surface area is 208 Å². The summed E-state index contributed by atoms with van der Waals surface area (Å²) >= 11 is 1.07. The third-order valence-corrected chi connectivity index (χ3v) is 6.76. The van der Waals surface area contributed by atoms with Crippen LogP contribution in [0, 0.1) is 11.0 Å². The summed E-state index contributed by atoms with van der Waals surface area (Å²) in [6.07, 6.45) is 6.75. The second kappa shape index (κ2) is 8.65. The molecule has 178 valence electrons. The molecule has 6 aromatic rings. The first-order valence-corrected chi connectivity index (χ1v) is 12.1. The van der Waals surface area contributed by atoms with Crippen molar-refractivity contribution in [2.45, 2.75) is 13.8 Å². The standard InChI is InChI=1S/C26H20FN7OS/c1-13(2)26(35)31-15-7-14(10-28-11-15)19-8-17-21(12-30-19)33-34-24(17)20-9-16-18(32-20)5-6-29-25(16)22-3-4-23(27)36-22/h3-13,32H,1-2H3,(H,31,35)(H,33,34). The van der Waals surface area contributed by atoms with Gasteiger partial charge in [-0.05, 0) is 36.4 Å². The molecular weight excluding hydrogens is 477 g/mol. The van der Waals surface area contributed by atoms with Gasteiger partial charge in [-0.25, -0.2) is 0 Å². The average Bonchev–Trinajstić information content (AvgIpc) is 3.61. The fraction of sp³-hybridized carbons (Fsp3) is 0.115. The number of aromatic nitrogens is 6. The zero-order chi connectivity index (χ0) is 24.8. The molecular formula is C26H20FN7OS. The predicted octanol–water partition coefficient (Wildman–Crippen LogP) is 6.03. The van der Waals surface area contributed by atoms with Crippen molar-refractivity contribution in [2.24, 2.45) is 5.92 Å². The Bertz CT molecular complexity index is 1750. The van der Waals surface area contributed by atoms with E-state index in [2.05, 4.69) is 35.5 Å². The topological polar surface area (TPSA) is 112 Å². The lowest BCUT2D eigenvalue weighted by Gasteiger charge is -2.08. The molecule has 10 heteroatoms. The molecule has 0 aromatic carbocycles. The highest BCUT2D eigenvalue weighted by Gasteiger charge is 2.16. The van der Waals surface area contributed by atoms with Gasteiger partial charge in [-0.3, -0.25) is 24.8 Å². The van der Waals surface area contributed by atoms with Crippen LogP contribution in [0.4, 0.5) is 10.1 Å². The monoisotopic (exact) mass is 497 g/mol. The Morgan fingerprint density at radius 2 is 1.86 bits per heavy atom. The summed E-state index contributed by atoms with van der Waals surface area (Å²) in [5.74, 6) is -0.213. The molecule has 0 fully saturated rings. The molecule has 0 saturated heterocycles. The minimum absolute atomic E-state index is 0.0764. The lowest BCUT2D eigenvalue weighted by Crippen LogP contribution is -2.17. The van der Waals surface area contributed by atoms with Crippen molar-refractivity contribution in [1.29, 1.82) is 0 Å². The summed E-state index contributed by atoms with van der Waals surface area (Å²) < 4.78 is 13.7. The summed E-state index contributed by atoms with van der Waals surface area (Å²) in [4.78, 5) is 29.6. The van der Waals surface area contributed by atoms with E-state index >= 15 is 0 Å². The number of aromatic amines is 2. The van der Waals surface area contributed by atoms with Crippen molar-refractivity contribution < 1.29 is 9.18 Å². The maximum absolute atomic E-state index is 13.7. The number of carbonyl (C=O) groups is 1. The summed E-state index contributed by atoms with van der Waals surface area (Å²) in [5, 5.41) is 12.0. The molecule has 0 aliphatic heterocycles. The Morgan fingerprint density at radius 3 is 2.67 bits per heavy atom. The highest BCUT2D eigenvalue weighted by molar-refractivity contribution is 7.13. The second-order valence-corrected chi connectivity index (χ2v) is 9.74. The third-order valence-electron chi connectivity index (χ3n) is 5.88. The van der Waals surface area contributed by atoms with E-state index in [-0.39, 0.29) is 17.0 Å². The van der Waals surface area contributed by atoms with E-state index in [9.17, 15) is 9.18 Å². The molecule has 0 bridgehead atoms. The van der Waals surface area contributed by atoms with E-state index in [0.29, 0.717) is 11.4 Å². The fourth-order valence-electron chi connectivity index (χ4n) is 4.03. The van der Waals surface area contributed by atoms with Crippen LogP contribution in [0.25, 0.3) is 55.0 Å². The van der Waals surface area contributed by atoms with E-state index in [1.807, 2.05) is 38.1 Å². The van der Waals surface area contributed by atoms with Crippen molar-refractivity contribution in [2.75, 3.05) is 5.32 Å². The molecule has 3 N–H and O–H groups in total. The largest absolute Gasteiger partial charge is 0.353 e. The van der Waals surface area contributed by atoms with Crippen LogP contribution < -0.4 is 5.32 Å². The molecule has 6 aromatic heterocycles. The van der Waals surface area contributed by atoms with Gasteiger partial charge in [0.2, 0.25) is 5.91 Å². The summed E-state index contributed by atoms with van der Waals surface area (Å²) in [6, 6.07) is 10.8. The predicted molar refractivity (Wildman–Crippen MR) is 139 cm³/mol. The Morgan fingerprint density at radius 1 is 1.00 bits per heavy atom. The van der Waals surface area contributed by atoms with Gasteiger partial charge in [0.25, 0.3) is 0 Å². The van der Waals surface area contributed by atoms with Crippen LogP contribution in [0.3, 0.4) is 0 Å². The molecule has 6 rings (SSSR count). The number of halogens is 1. The van der Waals surface area contributed by atoms with Crippen LogP contribution in [0.5, 0.6) is 0 Å². The molecule has 8 nitrogen and oxygen atoms in total. The number of hydrogen-bond donors (Lipinski definition) is 3. The van der Waals surface area contributed by atoms with Gasteiger partial charge in [0.1, 0.15) is 5.69 Å². The first-order chi connectivity index (χ1) is 17.5. The number of hydrogen-bond acceptors (Lipinski definition) is 6. The maximum Gasteiger partial charge on any atom is 0.226 e. The Kier molecular flexibility index (Phi) is 5.30. The fourth-order valence-corrected chi connectivity index (χ4v) is 4.78. The number of fused-ring (bicyclic) bond motifs is 2. The van der Waals surface area contributed by atoms with Crippen molar-refractivity contribution in [1.82, 2.24) is 30.1 Å². The van der Waals surface area contributed by atoms with Crippen LogP contribution >= 0.6 is 11.3 Å². The number of pyridine rings is 3. The van der Waals surface area contributed by atoms with E-state index < -0.39 is 0 Å². The molecule has 1 amide bonds. The molecule has 0 aliphatic rings. The molecule has 36 heavy (non-hydrogen) atoms. The summed E-state index contributed by atoms with van der Waals surface area (Å²) in [5.41, 5.74) is 5.99. The first kappa shape index (κ1) is 22.1. The van der Waals surface area contributed by atoms with Crippen molar-refractivity contribution in [3.05, 3.63) is 66.3 Å². The molecule has 6 heterocycles. The van der Waals surface area contributed by atoms with Crippen LogP contribution in [0.2, 0.25) is 0 Å². The highest BCUT2D eigenvalue weighted by Crippen LogP contribution is 2.35. The molecule has 0 spiro atoms. The van der Waals surface area contributed by atoms with Gasteiger partial charge < -0.3 is 10.3 Å². The maximum atomic E-state index is 13.7. The van der Waals surface area contributed by atoms with Gasteiger partial charge >= 0.3 is 0 Å². The quantitative estimate of drug-likeness (QED) is 0.269. The average molecular weight is 498 g/mol. The van der Waals surface area contributed by atoms with Crippen molar-refractivity contribution >= 4 is 44.7 Å². The molecule has 0 aliphatic carbocycles.